The molecule has 0 aliphatic heterocycles. The molecule has 1 aromatic heterocycles. The molecule has 0 atom stereocenters. The van der Waals surface area contributed by atoms with Crippen LogP contribution in [0.2, 0.25) is 0 Å². The van der Waals surface area contributed by atoms with Gasteiger partial charge in [0, 0.05) is 6.07 Å². The van der Waals surface area contributed by atoms with E-state index >= 15 is 0 Å². The maximum absolute atomic E-state index is 9.82. The van der Waals surface area contributed by atoms with Gasteiger partial charge < -0.3 is 9.84 Å². The van der Waals surface area contributed by atoms with Gasteiger partial charge in [0.2, 0.25) is 0 Å². The number of nitrogens with zero attached hydrogens (tertiary/aromatic N) is 3. The van der Waals surface area contributed by atoms with Gasteiger partial charge in [0.15, 0.2) is 11.5 Å². The molecule has 0 aliphatic carbocycles. The fourth-order valence-electron chi connectivity index (χ4n) is 1.69. The molecule has 0 bridgehead atoms. The Morgan fingerprint density at radius 1 is 0.957 bits per heavy atom. The van der Waals surface area contributed by atoms with E-state index in [0.717, 1.165) is 5.69 Å². The summed E-state index contributed by atoms with van der Waals surface area (Å²) in [7, 11) is 0. The summed E-state index contributed by atoms with van der Waals surface area (Å²) in [6.45, 7) is 8.00. The SMILES string of the molecule is CC.CC.Oc1ccc(-n2ccnn2)cc1Oc1ccccc1. The molecule has 5 nitrogen and oxygen atoms in total. The number of para-hydroxylation sites is 1. The fraction of sp³-hybridized carbons (Fsp3) is 0.222. The van der Waals surface area contributed by atoms with E-state index in [9.17, 15) is 5.11 Å². The van der Waals surface area contributed by atoms with Gasteiger partial charge in [0.1, 0.15) is 5.75 Å². The lowest BCUT2D eigenvalue weighted by Crippen LogP contribution is -1.95. The number of phenolic OH excluding ortho intramolecular Hbond substituents is 1. The first-order chi connectivity index (χ1) is 11.3. The van der Waals surface area contributed by atoms with Crippen molar-refractivity contribution < 1.29 is 9.84 Å². The average molecular weight is 313 g/mol. The number of aromatic nitrogens is 3. The van der Waals surface area contributed by atoms with Gasteiger partial charge in [-0.25, -0.2) is 4.68 Å². The normalized spacial score (nSPS) is 9.04. The van der Waals surface area contributed by atoms with Gasteiger partial charge in [-0.1, -0.05) is 51.1 Å². The largest absolute Gasteiger partial charge is 0.504 e. The molecule has 0 saturated heterocycles. The Bertz CT molecular complexity index is 668. The van der Waals surface area contributed by atoms with E-state index in [2.05, 4.69) is 10.3 Å². The molecule has 0 radical (unpaired) electrons. The third-order valence-electron chi connectivity index (χ3n) is 2.60. The Labute approximate surface area is 137 Å². The number of rotatable bonds is 3. The lowest BCUT2D eigenvalue weighted by molar-refractivity contribution is 0.411. The van der Waals surface area contributed by atoms with Gasteiger partial charge in [-0.05, 0) is 24.3 Å². The minimum atomic E-state index is 0.0766. The van der Waals surface area contributed by atoms with Gasteiger partial charge in [0.25, 0.3) is 0 Å². The van der Waals surface area contributed by atoms with Crippen molar-refractivity contribution >= 4 is 0 Å². The second-order valence-corrected chi connectivity index (χ2v) is 3.91. The van der Waals surface area contributed by atoms with Gasteiger partial charge in [0.05, 0.1) is 18.1 Å². The van der Waals surface area contributed by atoms with E-state index in [4.69, 9.17) is 4.74 Å². The summed E-state index contributed by atoms with van der Waals surface area (Å²) in [5.74, 6) is 1.11. The molecule has 2 aromatic carbocycles. The maximum atomic E-state index is 9.82. The zero-order chi connectivity index (χ0) is 17.1. The third kappa shape index (κ3) is 5.14. The van der Waals surface area contributed by atoms with Crippen LogP contribution in [0.4, 0.5) is 0 Å². The van der Waals surface area contributed by atoms with E-state index in [1.165, 1.54) is 0 Å². The van der Waals surface area contributed by atoms with Crippen molar-refractivity contribution in [3.63, 3.8) is 0 Å². The summed E-state index contributed by atoms with van der Waals surface area (Å²) in [5.41, 5.74) is 0.765. The zero-order valence-corrected chi connectivity index (χ0v) is 14.0. The Morgan fingerprint density at radius 3 is 2.26 bits per heavy atom. The van der Waals surface area contributed by atoms with E-state index < -0.39 is 0 Å². The van der Waals surface area contributed by atoms with E-state index in [-0.39, 0.29) is 5.75 Å². The molecule has 0 saturated carbocycles. The first kappa shape index (κ1) is 18.2. The number of ether oxygens (including phenoxy) is 1. The first-order valence-corrected chi connectivity index (χ1v) is 7.75. The third-order valence-corrected chi connectivity index (χ3v) is 2.60. The molecule has 3 aromatic rings. The number of phenols is 1. The lowest BCUT2D eigenvalue weighted by Gasteiger charge is -2.09. The van der Waals surface area contributed by atoms with Crippen LogP contribution in [-0.4, -0.2) is 20.1 Å². The Balaban J connectivity index is 0.000000615. The molecule has 5 heteroatoms. The minimum absolute atomic E-state index is 0.0766. The Hall–Kier alpha value is -2.82. The van der Waals surface area contributed by atoms with Crippen molar-refractivity contribution in [3.8, 4) is 22.9 Å². The molecule has 1 N–H and O–H groups in total. The predicted molar refractivity (Wildman–Crippen MR) is 92.2 cm³/mol. The summed E-state index contributed by atoms with van der Waals surface area (Å²) < 4.78 is 7.23. The summed E-state index contributed by atoms with van der Waals surface area (Å²) in [5, 5.41) is 17.5. The summed E-state index contributed by atoms with van der Waals surface area (Å²) in [4.78, 5) is 0. The standard InChI is InChI=1S/C14H11N3O2.2C2H6/c18-13-7-6-11(17-9-8-15-16-17)10-14(13)19-12-4-2-1-3-5-12;2*1-2/h1-10,18H;2*1-2H3. The topological polar surface area (TPSA) is 60.2 Å². The molecule has 0 amide bonds. The zero-order valence-electron chi connectivity index (χ0n) is 14.0. The quantitative estimate of drug-likeness (QED) is 0.753. The summed E-state index contributed by atoms with van der Waals surface area (Å²) >= 11 is 0. The smallest absolute Gasteiger partial charge is 0.171 e. The van der Waals surface area contributed by atoms with Crippen LogP contribution in [0.3, 0.4) is 0 Å². The second-order valence-electron chi connectivity index (χ2n) is 3.91. The van der Waals surface area contributed by atoms with Gasteiger partial charge >= 0.3 is 0 Å². The van der Waals surface area contributed by atoms with Crippen LogP contribution in [-0.2, 0) is 0 Å². The fourth-order valence-corrected chi connectivity index (χ4v) is 1.69. The molecule has 1 heterocycles. The highest BCUT2D eigenvalue weighted by Crippen LogP contribution is 2.32. The molecule has 0 fully saturated rings. The highest BCUT2D eigenvalue weighted by Gasteiger charge is 2.07. The van der Waals surface area contributed by atoms with Crippen LogP contribution in [0.15, 0.2) is 60.9 Å². The van der Waals surface area contributed by atoms with Crippen LogP contribution in [0.25, 0.3) is 5.69 Å². The van der Waals surface area contributed by atoms with Gasteiger partial charge in [-0.15, -0.1) is 5.10 Å². The number of hydrogen-bond acceptors (Lipinski definition) is 4. The summed E-state index contributed by atoms with van der Waals surface area (Å²) in [6.07, 6.45) is 3.31. The Kier molecular flexibility index (Phi) is 7.92. The molecule has 23 heavy (non-hydrogen) atoms. The summed E-state index contributed by atoms with van der Waals surface area (Å²) in [6, 6.07) is 14.3. The highest BCUT2D eigenvalue weighted by molar-refractivity contribution is 5.49. The van der Waals surface area contributed by atoms with Crippen LogP contribution in [0, 0.1) is 0 Å². The molecule has 0 unspecified atom stereocenters. The molecule has 3 rings (SSSR count). The van der Waals surface area contributed by atoms with Crippen molar-refractivity contribution in [1.82, 2.24) is 15.0 Å². The number of hydrogen-bond donors (Lipinski definition) is 1. The average Bonchev–Trinajstić information content (AvgIpc) is 3.16. The first-order valence-electron chi connectivity index (χ1n) is 7.75. The molecular weight excluding hydrogens is 290 g/mol. The van der Waals surface area contributed by atoms with Crippen molar-refractivity contribution in [1.29, 1.82) is 0 Å². The Morgan fingerprint density at radius 2 is 1.65 bits per heavy atom. The highest BCUT2D eigenvalue weighted by atomic mass is 16.5. The number of aromatic hydroxyl groups is 1. The van der Waals surface area contributed by atoms with E-state index in [1.54, 1.807) is 35.3 Å². The van der Waals surface area contributed by atoms with Crippen molar-refractivity contribution in [2.45, 2.75) is 27.7 Å². The van der Waals surface area contributed by atoms with Crippen LogP contribution in [0.5, 0.6) is 17.2 Å². The van der Waals surface area contributed by atoms with Crippen molar-refractivity contribution in [2.75, 3.05) is 0 Å². The molecule has 122 valence electrons. The van der Waals surface area contributed by atoms with E-state index in [1.807, 2.05) is 58.0 Å². The van der Waals surface area contributed by atoms with E-state index in [0.29, 0.717) is 11.5 Å². The monoisotopic (exact) mass is 313 g/mol. The maximum Gasteiger partial charge on any atom is 0.171 e. The van der Waals surface area contributed by atoms with Crippen molar-refractivity contribution in [3.05, 3.63) is 60.9 Å². The van der Waals surface area contributed by atoms with Crippen LogP contribution >= 0.6 is 0 Å². The van der Waals surface area contributed by atoms with Crippen molar-refractivity contribution in [2.24, 2.45) is 0 Å². The molecular formula is C18H23N3O2. The van der Waals surface area contributed by atoms with Crippen LogP contribution < -0.4 is 4.74 Å². The molecule has 0 aliphatic rings. The van der Waals surface area contributed by atoms with Gasteiger partial charge in [-0.3, -0.25) is 0 Å². The minimum Gasteiger partial charge on any atom is -0.504 e. The second kappa shape index (κ2) is 10.00. The lowest BCUT2D eigenvalue weighted by atomic mass is 10.2. The number of benzene rings is 2. The predicted octanol–water partition coefficient (Wildman–Crippen LogP) is 4.82. The molecule has 0 spiro atoms. The van der Waals surface area contributed by atoms with Gasteiger partial charge in [-0.2, -0.15) is 0 Å². The van der Waals surface area contributed by atoms with Crippen LogP contribution in [0.1, 0.15) is 27.7 Å².